The molecular weight excluding hydrogens is 343 g/mol. The average Bonchev–Trinajstić information content (AvgIpc) is 2.84. The molecule has 0 spiro atoms. The van der Waals surface area contributed by atoms with Gasteiger partial charge >= 0.3 is 0 Å². The van der Waals surface area contributed by atoms with E-state index in [9.17, 15) is 0 Å². The van der Waals surface area contributed by atoms with Crippen LogP contribution in [0.25, 0.3) is 11.0 Å². The van der Waals surface area contributed by atoms with Crippen LogP contribution >= 0.6 is 22.6 Å². The van der Waals surface area contributed by atoms with Crippen molar-refractivity contribution < 1.29 is 4.52 Å². The number of nitrogens with two attached hydrogens (primary N) is 1. The second-order valence-corrected chi connectivity index (χ2v) is 5.36. The maximum absolute atomic E-state index is 5.95. The average molecular weight is 354 g/mol. The molecule has 0 aliphatic rings. The van der Waals surface area contributed by atoms with Gasteiger partial charge in [-0.15, -0.1) is 0 Å². The van der Waals surface area contributed by atoms with Gasteiger partial charge in [0, 0.05) is 9.64 Å². The summed E-state index contributed by atoms with van der Waals surface area (Å²) in [7, 11) is 0. The highest BCUT2D eigenvalue weighted by Crippen LogP contribution is 2.21. The zero-order valence-electron chi connectivity index (χ0n) is 9.72. The molecule has 0 aliphatic heterocycles. The lowest BCUT2D eigenvalue weighted by atomic mass is 10.3. The number of halogens is 1. The summed E-state index contributed by atoms with van der Waals surface area (Å²) in [5.41, 5.74) is 8.70. The molecule has 92 valence electrons. The Labute approximate surface area is 117 Å². The number of nitrogens with zero attached hydrogens (tertiary/aromatic N) is 3. The van der Waals surface area contributed by atoms with Gasteiger partial charge in [0.2, 0.25) is 5.95 Å². The Balaban J connectivity index is 2.08. The highest BCUT2D eigenvalue weighted by Gasteiger charge is 2.10. The standard InChI is InChI=1S/C12H11IN4O/c1-7-4-9(16-18-7)6-17-11-3-2-8(13)5-10(11)15-12(17)14/h2-5H,6H2,1H3,(H2,14,15). The number of aryl methyl sites for hydroxylation is 1. The number of anilines is 1. The Hall–Kier alpha value is -1.57. The first-order chi connectivity index (χ1) is 8.63. The topological polar surface area (TPSA) is 69.9 Å². The van der Waals surface area contributed by atoms with E-state index in [-0.39, 0.29) is 0 Å². The fraction of sp³-hybridized carbons (Fsp3) is 0.167. The van der Waals surface area contributed by atoms with Crippen LogP contribution in [0, 0.1) is 10.5 Å². The predicted molar refractivity (Wildman–Crippen MR) is 77.2 cm³/mol. The lowest BCUT2D eigenvalue weighted by Crippen LogP contribution is -2.04. The summed E-state index contributed by atoms with van der Waals surface area (Å²) in [6, 6.07) is 7.97. The van der Waals surface area contributed by atoms with Crippen molar-refractivity contribution in [3.63, 3.8) is 0 Å². The van der Waals surface area contributed by atoms with Crippen LogP contribution in [0.5, 0.6) is 0 Å². The van der Waals surface area contributed by atoms with E-state index in [1.54, 1.807) is 0 Å². The Bertz CT molecular complexity index is 716. The van der Waals surface area contributed by atoms with Crippen molar-refractivity contribution >= 4 is 39.6 Å². The number of fused-ring (bicyclic) bond motifs is 1. The van der Waals surface area contributed by atoms with Crippen LogP contribution in [-0.4, -0.2) is 14.7 Å². The van der Waals surface area contributed by atoms with Crippen LogP contribution in [0.1, 0.15) is 11.5 Å². The summed E-state index contributed by atoms with van der Waals surface area (Å²) in [5.74, 6) is 1.29. The second-order valence-electron chi connectivity index (χ2n) is 4.12. The lowest BCUT2D eigenvalue weighted by molar-refractivity contribution is 0.389. The number of nitrogen functional groups attached to an aromatic ring is 1. The summed E-state index contributed by atoms with van der Waals surface area (Å²) in [6.07, 6.45) is 0. The third-order valence-corrected chi connectivity index (χ3v) is 3.41. The molecular formula is C12H11IN4O. The normalized spacial score (nSPS) is 11.2. The number of benzene rings is 1. The maximum atomic E-state index is 5.95. The molecule has 0 atom stereocenters. The summed E-state index contributed by atoms with van der Waals surface area (Å²) < 4.78 is 8.13. The van der Waals surface area contributed by atoms with Crippen molar-refractivity contribution in [2.45, 2.75) is 13.5 Å². The summed E-state index contributed by atoms with van der Waals surface area (Å²) in [4.78, 5) is 4.35. The van der Waals surface area contributed by atoms with E-state index < -0.39 is 0 Å². The van der Waals surface area contributed by atoms with E-state index in [1.807, 2.05) is 35.8 Å². The summed E-state index contributed by atoms with van der Waals surface area (Å²) >= 11 is 2.26. The molecule has 6 heteroatoms. The number of imidazole rings is 1. The Kier molecular flexibility index (Phi) is 2.73. The van der Waals surface area contributed by atoms with Crippen molar-refractivity contribution in [3.8, 4) is 0 Å². The fourth-order valence-corrected chi connectivity index (χ4v) is 2.42. The van der Waals surface area contributed by atoms with Gasteiger partial charge in [-0.1, -0.05) is 5.16 Å². The summed E-state index contributed by atoms with van der Waals surface area (Å²) in [6.45, 7) is 2.44. The largest absolute Gasteiger partial charge is 0.369 e. The van der Waals surface area contributed by atoms with Gasteiger partial charge in [-0.25, -0.2) is 4.98 Å². The van der Waals surface area contributed by atoms with Gasteiger partial charge < -0.3 is 14.8 Å². The number of aromatic nitrogens is 3. The van der Waals surface area contributed by atoms with Gasteiger partial charge in [-0.2, -0.15) is 0 Å². The predicted octanol–water partition coefficient (Wildman–Crippen LogP) is 2.57. The quantitative estimate of drug-likeness (QED) is 0.719. The Morgan fingerprint density at radius 2 is 2.22 bits per heavy atom. The first kappa shape index (κ1) is 11.5. The molecule has 5 nitrogen and oxygen atoms in total. The van der Waals surface area contributed by atoms with Gasteiger partial charge in [0.1, 0.15) is 11.5 Å². The van der Waals surface area contributed by atoms with Crippen molar-refractivity contribution in [1.82, 2.24) is 14.7 Å². The molecule has 3 rings (SSSR count). The molecule has 0 saturated heterocycles. The third-order valence-electron chi connectivity index (χ3n) is 2.74. The van der Waals surface area contributed by atoms with Gasteiger partial charge in [0.15, 0.2) is 0 Å². The van der Waals surface area contributed by atoms with Crippen molar-refractivity contribution in [1.29, 1.82) is 0 Å². The monoisotopic (exact) mass is 354 g/mol. The first-order valence-corrected chi connectivity index (χ1v) is 6.55. The smallest absolute Gasteiger partial charge is 0.201 e. The molecule has 0 bridgehead atoms. The van der Waals surface area contributed by atoms with Crippen LogP contribution < -0.4 is 5.73 Å². The minimum absolute atomic E-state index is 0.493. The van der Waals surface area contributed by atoms with Crippen LogP contribution in [0.15, 0.2) is 28.8 Å². The SMILES string of the molecule is Cc1cc(Cn2c(N)nc3cc(I)ccc32)no1. The molecule has 2 aromatic heterocycles. The zero-order chi connectivity index (χ0) is 12.7. The maximum Gasteiger partial charge on any atom is 0.201 e. The molecule has 3 aromatic rings. The molecule has 18 heavy (non-hydrogen) atoms. The molecule has 0 saturated carbocycles. The van der Waals surface area contributed by atoms with Crippen LogP contribution in [-0.2, 0) is 6.54 Å². The molecule has 0 radical (unpaired) electrons. The number of hydrogen-bond donors (Lipinski definition) is 1. The fourth-order valence-electron chi connectivity index (χ4n) is 1.94. The Morgan fingerprint density at radius 1 is 1.39 bits per heavy atom. The van der Waals surface area contributed by atoms with Gasteiger partial charge in [0.05, 0.1) is 17.6 Å². The van der Waals surface area contributed by atoms with E-state index in [1.165, 1.54) is 0 Å². The number of rotatable bonds is 2. The van der Waals surface area contributed by atoms with E-state index >= 15 is 0 Å². The second kappa shape index (κ2) is 4.27. The molecule has 0 aliphatic carbocycles. The van der Waals surface area contributed by atoms with Gasteiger partial charge in [0.25, 0.3) is 0 Å². The van der Waals surface area contributed by atoms with Crippen LogP contribution in [0.3, 0.4) is 0 Å². The highest BCUT2D eigenvalue weighted by atomic mass is 127. The molecule has 0 amide bonds. The van der Waals surface area contributed by atoms with Crippen molar-refractivity contribution in [2.75, 3.05) is 5.73 Å². The number of hydrogen-bond acceptors (Lipinski definition) is 4. The van der Waals surface area contributed by atoms with Crippen LogP contribution in [0.4, 0.5) is 5.95 Å². The molecule has 1 aromatic carbocycles. The highest BCUT2D eigenvalue weighted by molar-refractivity contribution is 14.1. The minimum Gasteiger partial charge on any atom is -0.369 e. The van der Waals surface area contributed by atoms with E-state index in [4.69, 9.17) is 10.3 Å². The van der Waals surface area contributed by atoms with Gasteiger partial charge in [-0.05, 0) is 47.7 Å². The molecule has 2 N–H and O–H groups in total. The molecule has 0 unspecified atom stereocenters. The molecule has 0 fully saturated rings. The van der Waals surface area contributed by atoms with E-state index in [0.717, 1.165) is 26.1 Å². The third kappa shape index (κ3) is 1.96. The first-order valence-electron chi connectivity index (χ1n) is 5.47. The Morgan fingerprint density at radius 3 is 2.94 bits per heavy atom. The van der Waals surface area contributed by atoms with Crippen molar-refractivity contribution in [3.05, 3.63) is 39.3 Å². The van der Waals surface area contributed by atoms with E-state index in [0.29, 0.717) is 12.5 Å². The minimum atomic E-state index is 0.493. The van der Waals surface area contributed by atoms with Crippen LogP contribution in [0.2, 0.25) is 0 Å². The zero-order valence-corrected chi connectivity index (χ0v) is 11.9. The van der Waals surface area contributed by atoms with Crippen molar-refractivity contribution in [2.24, 2.45) is 0 Å². The molecule has 2 heterocycles. The van der Waals surface area contributed by atoms with E-state index in [2.05, 4.69) is 32.7 Å². The lowest BCUT2D eigenvalue weighted by Gasteiger charge is -2.03. The van der Waals surface area contributed by atoms with Gasteiger partial charge in [-0.3, -0.25) is 0 Å². The summed E-state index contributed by atoms with van der Waals surface area (Å²) in [5, 5.41) is 3.98.